The SMILES string of the molecule is CC/C=C\C/C=C\C/C=C\C/C=C\C/C=C\CCOCC(COC(=O)CCCCCCCCCCC)OC(=O)CCCCCCCCCCC. The van der Waals surface area contributed by atoms with Gasteiger partial charge in [-0.05, 0) is 51.4 Å². The summed E-state index contributed by atoms with van der Waals surface area (Å²) in [6.45, 7) is 7.46. The van der Waals surface area contributed by atoms with Crippen LogP contribution in [0.3, 0.4) is 0 Å². The van der Waals surface area contributed by atoms with Crippen molar-refractivity contribution in [3.63, 3.8) is 0 Å². The molecular formula is C45H78O5. The lowest BCUT2D eigenvalue weighted by Gasteiger charge is -2.18. The second-order valence-corrected chi connectivity index (χ2v) is 13.5. The molecule has 0 N–H and O–H groups in total. The zero-order valence-electron chi connectivity index (χ0n) is 32.9. The standard InChI is InChI=1S/C45H78O5/c1-4-7-10-13-16-19-20-21-22-23-24-25-28-31-34-37-40-48-41-43(50-45(47)39-36-33-30-27-18-15-12-9-6-3)42-49-44(46)38-35-32-29-26-17-14-11-8-5-2/h7,10,16,19,21-22,24-25,31,34,43H,4-6,8-9,11-15,17-18,20,23,26-30,32-33,35-42H2,1-3H3/b10-7-,19-16-,22-21-,25-24-,34-31-. The number of carbonyl (C=O) groups is 2. The van der Waals surface area contributed by atoms with Crippen molar-refractivity contribution in [1.29, 1.82) is 0 Å². The van der Waals surface area contributed by atoms with Crippen molar-refractivity contribution in [1.82, 2.24) is 0 Å². The maximum Gasteiger partial charge on any atom is 0.306 e. The molecule has 0 spiro atoms. The molecule has 5 heteroatoms. The summed E-state index contributed by atoms with van der Waals surface area (Å²) >= 11 is 0. The quantitative estimate of drug-likeness (QED) is 0.0367. The third-order valence-corrected chi connectivity index (χ3v) is 8.59. The summed E-state index contributed by atoms with van der Waals surface area (Å²) < 4.78 is 17.1. The number of hydrogen-bond acceptors (Lipinski definition) is 5. The maximum atomic E-state index is 12.6. The molecule has 0 fully saturated rings. The number of hydrogen-bond donors (Lipinski definition) is 0. The molecule has 5 nitrogen and oxygen atoms in total. The molecule has 288 valence electrons. The van der Waals surface area contributed by atoms with E-state index in [9.17, 15) is 9.59 Å². The average Bonchev–Trinajstić information content (AvgIpc) is 3.11. The van der Waals surface area contributed by atoms with Crippen molar-refractivity contribution in [2.45, 2.75) is 194 Å². The van der Waals surface area contributed by atoms with Crippen LogP contribution in [0.2, 0.25) is 0 Å². The molecule has 1 atom stereocenters. The van der Waals surface area contributed by atoms with E-state index >= 15 is 0 Å². The minimum atomic E-state index is -0.568. The lowest BCUT2D eigenvalue weighted by molar-refractivity contribution is -0.162. The van der Waals surface area contributed by atoms with E-state index < -0.39 is 6.10 Å². The van der Waals surface area contributed by atoms with Crippen LogP contribution in [0, 0.1) is 0 Å². The first-order valence-electron chi connectivity index (χ1n) is 20.8. The molecule has 0 saturated heterocycles. The second kappa shape index (κ2) is 41.0. The molecule has 0 bridgehead atoms. The minimum absolute atomic E-state index is 0.0570. The molecule has 0 saturated carbocycles. The fourth-order valence-electron chi connectivity index (χ4n) is 5.51. The summed E-state index contributed by atoms with van der Waals surface area (Å²) in [4.78, 5) is 25.0. The zero-order chi connectivity index (χ0) is 36.4. The van der Waals surface area contributed by atoms with E-state index in [-0.39, 0.29) is 25.2 Å². The molecule has 0 aromatic heterocycles. The van der Waals surface area contributed by atoms with Crippen molar-refractivity contribution in [2.24, 2.45) is 0 Å². The molecule has 0 aliphatic carbocycles. The van der Waals surface area contributed by atoms with Gasteiger partial charge in [-0.1, -0.05) is 184 Å². The Bertz CT molecular complexity index is 884. The maximum absolute atomic E-state index is 12.6. The van der Waals surface area contributed by atoms with Crippen LogP contribution in [-0.4, -0.2) is 37.9 Å². The highest BCUT2D eigenvalue weighted by atomic mass is 16.6. The highest BCUT2D eigenvalue weighted by Crippen LogP contribution is 2.13. The van der Waals surface area contributed by atoms with Crippen molar-refractivity contribution in [3.8, 4) is 0 Å². The largest absolute Gasteiger partial charge is 0.462 e. The Morgan fingerprint density at radius 3 is 1.32 bits per heavy atom. The smallest absolute Gasteiger partial charge is 0.306 e. The number of rotatable bonds is 37. The summed E-state index contributed by atoms with van der Waals surface area (Å²) in [5, 5.41) is 0. The van der Waals surface area contributed by atoms with Gasteiger partial charge in [-0.2, -0.15) is 0 Å². The Morgan fingerprint density at radius 2 is 0.860 bits per heavy atom. The van der Waals surface area contributed by atoms with Gasteiger partial charge in [-0.25, -0.2) is 0 Å². The van der Waals surface area contributed by atoms with E-state index in [4.69, 9.17) is 14.2 Å². The van der Waals surface area contributed by atoms with Gasteiger partial charge in [-0.15, -0.1) is 0 Å². The Hall–Kier alpha value is -2.40. The predicted octanol–water partition coefficient (Wildman–Crippen LogP) is 13.4. The first-order chi connectivity index (χ1) is 24.6. The monoisotopic (exact) mass is 699 g/mol. The van der Waals surface area contributed by atoms with E-state index in [1.54, 1.807) is 0 Å². The van der Waals surface area contributed by atoms with Crippen LogP contribution in [0.25, 0.3) is 0 Å². The number of ether oxygens (including phenoxy) is 3. The summed E-state index contributed by atoms with van der Waals surface area (Å²) in [5.74, 6) is -0.443. The third kappa shape index (κ3) is 38.4. The van der Waals surface area contributed by atoms with Gasteiger partial charge < -0.3 is 14.2 Å². The Labute approximate surface area is 309 Å². The van der Waals surface area contributed by atoms with Crippen molar-refractivity contribution in [3.05, 3.63) is 60.8 Å². The molecule has 50 heavy (non-hydrogen) atoms. The van der Waals surface area contributed by atoms with Gasteiger partial charge in [0.25, 0.3) is 0 Å². The van der Waals surface area contributed by atoms with Crippen LogP contribution in [-0.2, 0) is 23.8 Å². The van der Waals surface area contributed by atoms with Crippen LogP contribution >= 0.6 is 0 Å². The summed E-state index contributed by atoms with van der Waals surface area (Å²) in [7, 11) is 0. The normalized spacial score (nSPS) is 12.8. The summed E-state index contributed by atoms with van der Waals surface area (Å²) in [6, 6.07) is 0. The number of esters is 2. The van der Waals surface area contributed by atoms with E-state index in [0.29, 0.717) is 19.4 Å². The molecule has 0 aliphatic rings. The Balaban J connectivity index is 4.35. The van der Waals surface area contributed by atoms with Crippen molar-refractivity contribution in [2.75, 3.05) is 19.8 Å². The lowest BCUT2D eigenvalue weighted by Crippen LogP contribution is -2.30. The fraction of sp³-hybridized carbons (Fsp3) is 0.733. The summed E-state index contributed by atoms with van der Waals surface area (Å²) in [6.07, 6.45) is 49.5. The van der Waals surface area contributed by atoms with E-state index in [2.05, 4.69) is 81.5 Å². The topological polar surface area (TPSA) is 61.8 Å². The van der Waals surface area contributed by atoms with Crippen LogP contribution in [0.5, 0.6) is 0 Å². The Kier molecular flexibility index (Phi) is 39.1. The van der Waals surface area contributed by atoms with Gasteiger partial charge in [0.05, 0.1) is 13.2 Å². The first-order valence-corrected chi connectivity index (χ1v) is 20.8. The zero-order valence-corrected chi connectivity index (χ0v) is 32.9. The van der Waals surface area contributed by atoms with Gasteiger partial charge in [0.2, 0.25) is 0 Å². The molecule has 0 rings (SSSR count). The Morgan fingerprint density at radius 1 is 0.460 bits per heavy atom. The number of allylic oxidation sites excluding steroid dienone is 9. The summed E-state index contributed by atoms with van der Waals surface area (Å²) in [5.41, 5.74) is 0. The molecular weight excluding hydrogens is 620 g/mol. The molecule has 0 aromatic carbocycles. The van der Waals surface area contributed by atoms with Crippen molar-refractivity contribution >= 4 is 11.9 Å². The average molecular weight is 699 g/mol. The fourth-order valence-corrected chi connectivity index (χ4v) is 5.51. The predicted molar refractivity (Wildman–Crippen MR) is 214 cm³/mol. The number of unbranched alkanes of at least 4 members (excludes halogenated alkanes) is 16. The molecule has 0 aliphatic heterocycles. The van der Waals surface area contributed by atoms with Gasteiger partial charge >= 0.3 is 11.9 Å². The van der Waals surface area contributed by atoms with E-state index in [1.165, 1.54) is 83.5 Å². The van der Waals surface area contributed by atoms with Crippen LogP contribution in [0.4, 0.5) is 0 Å². The highest BCUT2D eigenvalue weighted by Gasteiger charge is 2.17. The molecule has 0 aromatic rings. The van der Waals surface area contributed by atoms with E-state index in [1.807, 2.05) is 0 Å². The van der Waals surface area contributed by atoms with Crippen LogP contribution in [0.1, 0.15) is 188 Å². The molecule has 0 radical (unpaired) electrons. The van der Waals surface area contributed by atoms with Gasteiger partial charge in [0, 0.05) is 12.8 Å². The molecule has 1 unspecified atom stereocenters. The van der Waals surface area contributed by atoms with Crippen LogP contribution < -0.4 is 0 Å². The van der Waals surface area contributed by atoms with Crippen molar-refractivity contribution < 1.29 is 23.8 Å². The van der Waals surface area contributed by atoms with Gasteiger partial charge in [0.15, 0.2) is 6.10 Å². The molecule has 0 heterocycles. The van der Waals surface area contributed by atoms with Gasteiger partial charge in [-0.3, -0.25) is 9.59 Å². The minimum Gasteiger partial charge on any atom is -0.462 e. The third-order valence-electron chi connectivity index (χ3n) is 8.59. The van der Waals surface area contributed by atoms with Gasteiger partial charge in [0.1, 0.15) is 6.61 Å². The first kappa shape index (κ1) is 47.6. The lowest BCUT2D eigenvalue weighted by atomic mass is 10.1. The second-order valence-electron chi connectivity index (χ2n) is 13.5. The number of carbonyl (C=O) groups excluding carboxylic acids is 2. The van der Waals surface area contributed by atoms with Crippen LogP contribution in [0.15, 0.2) is 60.8 Å². The molecule has 0 amide bonds. The highest BCUT2D eigenvalue weighted by molar-refractivity contribution is 5.70. The van der Waals surface area contributed by atoms with E-state index in [0.717, 1.165) is 70.6 Å².